The number of anilines is 2. The normalized spacial score (nSPS) is 13.4. The van der Waals surface area contributed by atoms with E-state index in [0.717, 1.165) is 22.9 Å². The fourth-order valence-electron chi connectivity index (χ4n) is 3.39. The fraction of sp³-hybridized carbons (Fsp3) is 0.200. The number of hydrogen-bond donors (Lipinski definition) is 2. The molecule has 1 aromatic heterocycles. The molecule has 2 aromatic carbocycles. The van der Waals surface area contributed by atoms with Crippen LogP contribution in [0.15, 0.2) is 60.0 Å². The van der Waals surface area contributed by atoms with E-state index in [1.54, 1.807) is 47.8 Å². The molecule has 3 aromatic rings. The van der Waals surface area contributed by atoms with Gasteiger partial charge in [-0.25, -0.2) is 0 Å². The van der Waals surface area contributed by atoms with E-state index in [-0.39, 0.29) is 35.3 Å². The van der Waals surface area contributed by atoms with E-state index in [1.807, 2.05) is 12.1 Å². The Labute approximate surface area is 205 Å². The maximum absolute atomic E-state index is 12.8. The minimum absolute atomic E-state index is 0.176. The third kappa shape index (κ3) is 5.37. The number of benzene rings is 2. The lowest BCUT2D eigenvalue weighted by Gasteiger charge is -2.13. The number of hydrogen-bond acceptors (Lipinski definition) is 6. The zero-order valence-electron chi connectivity index (χ0n) is 18.7. The van der Waals surface area contributed by atoms with Crippen LogP contribution in [0.1, 0.15) is 51.6 Å². The third-order valence-corrected chi connectivity index (χ3v) is 7.06. The highest BCUT2D eigenvalue weighted by Crippen LogP contribution is 2.26. The van der Waals surface area contributed by atoms with Crippen LogP contribution in [0.4, 0.5) is 15.5 Å². The molecule has 0 aliphatic carbocycles. The first-order chi connectivity index (χ1) is 16.3. The number of nitrogens with zero attached hydrogens (tertiary/aromatic N) is 1. The van der Waals surface area contributed by atoms with Gasteiger partial charge in [-0.05, 0) is 52.8 Å². The Balaban J connectivity index is 1.39. The first kappa shape index (κ1) is 23.7. The van der Waals surface area contributed by atoms with E-state index >= 15 is 0 Å². The molecule has 2 heterocycles. The quantitative estimate of drug-likeness (QED) is 0.449. The van der Waals surface area contributed by atoms with Crippen LogP contribution in [0.25, 0.3) is 0 Å². The molecule has 4 rings (SSSR count). The minimum Gasteiger partial charge on any atom is -0.322 e. The van der Waals surface area contributed by atoms with Crippen molar-refractivity contribution in [1.82, 2.24) is 4.90 Å². The minimum atomic E-state index is -0.347. The highest BCUT2D eigenvalue weighted by Gasteiger charge is 2.29. The van der Waals surface area contributed by atoms with E-state index in [2.05, 4.69) is 24.5 Å². The van der Waals surface area contributed by atoms with Gasteiger partial charge in [-0.1, -0.05) is 49.9 Å². The van der Waals surface area contributed by atoms with Gasteiger partial charge in [-0.3, -0.25) is 24.1 Å². The second kappa shape index (κ2) is 10.2. The average Bonchev–Trinajstić information content (AvgIpc) is 3.42. The molecule has 0 atom stereocenters. The van der Waals surface area contributed by atoms with Crippen LogP contribution in [0.3, 0.4) is 0 Å². The van der Waals surface area contributed by atoms with Crippen molar-refractivity contribution in [3.63, 3.8) is 0 Å². The molecule has 34 heavy (non-hydrogen) atoms. The molecule has 4 amide bonds. The monoisotopic (exact) mass is 493 g/mol. The van der Waals surface area contributed by atoms with Gasteiger partial charge in [-0.15, -0.1) is 11.3 Å². The van der Waals surface area contributed by atoms with Gasteiger partial charge < -0.3 is 10.6 Å². The molecule has 1 saturated heterocycles. The van der Waals surface area contributed by atoms with Gasteiger partial charge in [0.2, 0.25) is 5.91 Å². The standard InChI is InChI=1S/C25H23N3O4S2/c1-15(2)17-5-7-18(8-6-17)22(30)27-24-20(11-12-33-24)23(31)26-19-9-3-16(4-10-19)13-28-21(29)14-34-25(28)32/h3-12,15H,13-14H2,1-2H3,(H,26,31)(H,27,30). The summed E-state index contributed by atoms with van der Waals surface area (Å²) in [5.41, 5.74) is 3.39. The number of amides is 4. The Kier molecular flexibility index (Phi) is 7.14. The molecule has 0 saturated carbocycles. The van der Waals surface area contributed by atoms with Crippen LogP contribution in [0.2, 0.25) is 0 Å². The van der Waals surface area contributed by atoms with Gasteiger partial charge in [0.1, 0.15) is 5.00 Å². The Bertz CT molecular complexity index is 1220. The molecule has 174 valence electrons. The highest BCUT2D eigenvalue weighted by atomic mass is 32.2. The van der Waals surface area contributed by atoms with Crippen molar-refractivity contribution in [2.45, 2.75) is 26.3 Å². The van der Waals surface area contributed by atoms with Crippen molar-refractivity contribution in [3.05, 3.63) is 82.2 Å². The van der Waals surface area contributed by atoms with Crippen LogP contribution in [0, 0.1) is 0 Å². The van der Waals surface area contributed by atoms with Crippen molar-refractivity contribution in [3.8, 4) is 0 Å². The number of nitrogens with one attached hydrogen (secondary N) is 2. The molecule has 2 N–H and O–H groups in total. The van der Waals surface area contributed by atoms with Crippen LogP contribution >= 0.6 is 23.1 Å². The van der Waals surface area contributed by atoms with Gasteiger partial charge in [-0.2, -0.15) is 0 Å². The van der Waals surface area contributed by atoms with E-state index in [4.69, 9.17) is 0 Å². The molecule has 1 fully saturated rings. The maximum atomic E-state index is 12.8. The van der Waals surface area contributed by atoms with E-state index in [1.165, 1.54) is 16.2 Å². The number of rotatable bonds is 7. The van der Waals surface area contributed by atoms with Crippen molar-refractivity contribution in [2.75, 3.05) is 16.4 Å². The smallest absolute Gasteiger partial charge is 0.289 e. The Morgan fingerprint density at radius 3 is 2.26 bits per heavy atom. The van der Waals surface area contributed by atoms with Crippen molar-refractivity contribution < 1.29 is 19.2 Å². The molecule has 0 bridgehead atoms. The van der Waals surface area contributed by atoms with Crippen LogP contribution < -0.4 is 10.6 Å². The summed E-state index contributed by atoms with van der Waals surface area (Å²) in [6.45, 7) is 4.39. The van der Waals surface area contributed by atoms with Crippen LogP contribution in [-0.4, -0.2) is 33.6 Å². The van der Waals surface area contributed by atoms with E-state index < -0.39 is 0 Å². The largest absolute Gasteiger partial charge is 0.322 e. The molecule has 0 radical (unpaired) electrons. The Hall–Kier alpha value is -3.43. The number of imide groups is 1. The molecular formula is C25H23N3O4S2. The summed E-state index contributed by atoms with van der Waals surface area (Å²) in [5, 5.41) is 7.62. The van der Waals surface area contributed by atoms with Crippen molar-refractivity contribution in [2.24, 2.45) is 0 Å². The lowest BCUT2D eigenvalue weighted by Crippen LogP contribution is -2.27. The SMILES string of the molecule is CC(C)c1ccc(C(=O)Nc2sccc2C(=O)Nc2ccc(CN3C(=O)CSC3=O)cc2)cc1. The van der Waals surface area contributed by atoms with Crippen LogP contribution in [-0.2, 0) is 11.3 Å². The molecular weight excluding hydrogens is 470 g/mol. The van der Waals surface area contributed by atoms with Gasteiger partial charge in [0.25, 0.3) is 17.1 Å². The fourth-order valence-corrected chi connectivity index (χ4v) is 4.89. The first-order valence-corrected chi connectivity index (χ1v) is 12.5. The van der Waals surface area contributed by atoms with Gasteiger partial charge in [0.15, 0.2) is 0 Å². The van der Waals surface area contributed by atoms with Crippen molar-refractivity contribution >= 4 is 56.7 Å². The lowest BCUT2D eigenvalue weighted by molar-refractivity contribution is -0.125. The summed E-state index contributed by atoms with van der Waals surface area (Å²) in [5.74, 6) is -0.269. The molecule has 1 aliphatic rings. The molecule has 7 nitrogen and oxygen atoms in total. The number of carbonyl (C=O) groups is 4. The predicted octanol–water partition coefficient (Wildman–Crippen LogP) is 5.57. The van der Waals surface area contributed by atoms with E-state index in [9.17, 15) is 19.2 Å². The molecule has 0 spiro atoms. The van der Waals surface area contributed by atoms with Crippen LogP contribution in [0.5, 0.6) is 0 Å². The second-order valence-corrected chi connectivity index (χ2v) is 9.92. The van der Waals surface area contributed by atoms with Crippen molar-refractivity contribution in [1.29, 1.82) is 0 Å². The number of thiophene rings is 1. The average molecular weight is 494 g/mol. The van der Waals surface area contributed by atoms with E-state index in [0.29, 0.717) is 27.7 Å². The summed E-state index contributed by atoms with van der Waals surface area (Å²) >= 11 is 2.28. The first-order valence-electron chi connectivity index (χ1n) is 10.7. The lowest BCUT2D eigenvalue weighted by atomic mass is 10.0. The summed E-state index contributed by atoms with van der Waals surface area (Å²) in [7, 11) is 0. The van der Waals surface area contributed by atoms with Gasteiger partial charge in [0.05, 0.1) is 17.9 Å². The highest BCUT2D eigenvalue weighted by molar-refractivity contribution is 8.14. The van der Waals surface area contributed by atoms with Gasteiger partial charge >= 0.3 is 0 Å². The topological polar surface area (TPSA) is 95.6 Å². The van der Waals surface area contributed by atoms with Gasteiger partial charge in [0, 0.05) is 11.3 Å². The third-order valence-electron chi connectivity index (χ3n) is 5.37. The number of carbonyl (C=O) groups excluding carboxylic acids is 4. The Morgan fingerprint density at radius 1 is 0.941 bits per heavy atom. The summed E-state index contributed by atoms with van der Waals surface area (Å²) in [6.07, 6.45) is 0. The number of thioether (sulfide) groups is 1. The second-order valence-electron chi connectivity index (χ2n) is 8.08. The maximum Gasteiger partial charge on any atom is 0.289 e. The Morgan fingerprint density at radius 2 is 1.65 bits per heavy atom. The summed E-state index contributed by atoms with van der Waals surface area (Å²) in [4.78, 5) is 50.2. The predicted molar refractivity (Wildman–Crippen MR) is 136 cm³/mol. The molecule has 0 unspecified atom stereocenters. The summed E-state index contributed by atoms with van der Waals surface area (Å²) < 4.78 is 0. The molecule has 9 heteroatoms. The zero-order chi connectivity index (χ0) is 24.2. The molecule has 1 aliphatic heterocycles. The summed E-state index contributed by atoms with van der Waals surface area (Å²) in [6, 6.07) is 16.0. The zero-order valence-corrected chi connectivity index (χ0v) is 20.3.